The number of benzene rings is 2. The first kappa shape index (κ1) is 20.4. The summed E-state index contributed by atoms with van der Waals surface area (Å²) in [4.78, 5) is 27.0. The molecule has 0 bridgehead atoms. The first-order valence-corrected chi connectivity index (χ1v) is 10.2. The molecular formula is C21H23FN2O3S. The second kappa shape index (κ2) is 9.71. The van der Waals surface area contributed by atoms with Gasteiger partial charge in [-0.05, 0) is 54.8 Å². The second-order valence-corrected chi connectivity index (χ2v) is 7.83. The minimum absolute atomic E-state index is 0.0550. The third-order valence-electron chi connectivity index (χ3n) is 4.59. The summed E-state index contributed by atoms with van der Waals surface area (Å²) in [6.45, 7) is 1.19. The van der Waals surface area contributed by atoms with Crippen LogP contribution in [0.5, 0.6) is 0 Å². The molecule has 0 aromatic heterocycles. The van der Waals surface area contributed by atoms with Gasteiger partial charge in [0.05, 0.1) is 18.3 Å². The molecule has 2 amide bonds. The molecule has 2 aromatic carbocycles. The van der Waals surface area contributed by atoms with E-state index in [2.05, 4.69) is 5.32 Å². The topological polar surface area (TPSA) is 69.6 Å². The Morgan fingerprint density at radius 3 is 2.36 bits per heavy atom. The molecule has 0 spiro atoms. The number of likely N-dealkylation sites (tertiary alicyclic amines) is 1. The Morgan fingerprint density at radius 1 is 1.07 bits per heavy atom. The normalized spacial score (nSPS) is 14.7. The van der Waals surface area contributed by atoms with Gasteiger partial charge in [0.2, 0.25) is 11.8 Å². The van der Waals surface area contributed by atoms with Gasteiger partial charge < -0.3 is 15.3 Å². The van der Waals surface area contributed by atoms with Gasteiger partial charge in [0.25, 0.3) is 0 Å². The van der Waals surface area contributed by atoms with Crippen LogP contribution in [0.3, 0.4) is 0 Å². The number of rotatable bonds is 6. The van der Waals surface area contributed by atoms with E-state index in [4.69, 9.17) is 0 Å². The SMILES string of the molecule is O=C(CSc1ccc(F)cc1)Nc1ccc(CC(=O)N2CCC(O)CC2)cc1. The summed E-state index contributed by atoms with van der Waals surface area (Å²) >= 11 is 1.34. The predicted octanol–water partition coefficient (Wildman–Crippen LogP) is 3.08. The van der Waals surface area contributed by atoms with Crippen molar-refractivity contribution in [2.45, 2.75) is 30.3 Å². The van der Waals surface area contributed by atoms with Crippen LogP contribution < -0.4 is 5.32 Å². The molecule has 1 fully saturated rings. The number of carbonyl (C=O) groups is 2. The quantitative estimate of drug-likeness (QED) is 0.729. The number of piperidine rings is 1. The Kier molecular flexibility index (Phi) is 7.06. The molecule has 0 aliphatic carbocycles. The van der Waals surface area contributed by atoms with Crippen molar-refractivity contribution >= 4 is 29.3 Å². The molecule has 0 unspecified atom stereocenters. The Hall–Kier alpha value is -2.38. The summed E-state index contributed by atoms with van der Waals surface area (Å²) in [6, 6.07) is 13.2. The molecule has 5 nitrogen and oxygen atoms in total. The molecule has 2 aromatic rings. The highest BCUT2D eigenvalue weighted by Crippen LogP contribution is 2.19. The first-order chi connectivity index (χ1) is 13.5. The Labute approximate surface area is 167 Å². The van der Waals surface area contributed by atoms with E-state index >= 15 is 0 Å². The highest BCUT2D eigenvalue weighted by atomic mass is 32.2. The van der Waals surface area contributed by atoms with Crippen molar-refractivity contribution in [2.75, 3.05) is 24.2 Å². The van der Waals surface area contributed by atoms with Gasteiger partial charge in [-0.15, -0.1) is 11.8 Å². The van der Waals surface area contributed by atoms with E-state index < -0.39 is 0 Å². The number of aliphatic hydroxyl groups excluding tert-OH is 1. The fourth-order valence-corrected chi connectivity index (χ4v) is 3.68. The number of aliphatic hydroxyl groups is 1. The van der Waals surface area contributed by atoms with Gasteiger partial charge in [-0.25, -0.2) is 4.39 Å². The largest absolute Gasteiger partial charge is 0.393 e. The Bertz CT molecular complexity index is 803. The third kappa shape index (κ3) is 6.07. The molecule has 0 atom stereocenters. The average molecular weight is 402 g/mol. The molecular weight excluding hydrogens is 379 g/mol. The van der Waals surface area contributed by atoms with Crippen LogP contribution in [0.15, 0.2) is 53.4 Å². The lowest BCUT2D eigenvalue weighted by atomic mass is 10.1. The van der Waals surface area contributed by atoms with Gasteiger partial charge >= 0.3 is 0 Å². The smallest absolute Gasteiger partial charge is 0.234 e. The zero-order valence-electron chi connectivity index (χ0n) is 15.4. The van der Waals surface area contributed by atoms with Crippen LogP contribution in [-0.2, 0) is 16.0 Å². The molecule has 0 radical (unpaired) electrons. The monoisotopic (exact) mass is 402 g/mol. The lowest BCUT2D eigenvalue weighted by Crippen LogP contribution is -2.40. The van der Waals surface area contributed by atoms with Crippen molar-refractivity contribution in [1.82, 2.24) is 4.90 Å². The number of hydrogen-bond donors (Lipinski definition) is 2. The van der Waals surface area contributed by atoms with E-state index in [1.165, 1.54) is 23.9 Å². The number of carbonyl (C=O) groups excluding carboxylic acids is 2. The molecule has 7 heteroatoms. The highest BCUT2D eigenvalue weighted by molar-refractivity contribution is 8.00. The zero-order chi connectivity index (χ0) is 19.9. The van der Waals surface area contributed by atoms with Gasteiger partial charge in [0.15, 0.2) is 0 Å². The minimum atomic E-state index is -0.301. The average Bonchev–Trinajstić information content (AvgIpc) is 2.69. The van der Waals surface area contributed by atoms with Gasteiger partial charge in [-0.1, -0.05) is 12.1 Å². The molecule has 1 aliphatic heterocycles. The first-order valence-electron chi connectivity index (χ1n) is 9.22. The Balaban J connectivity index is 1.45. The summed E-state index contributed by atoms with van der Waals surface area (Å²) in [5.74, 6) is -0.165. The maximum absolute atomic E-state index is 12.9. The third-order valence-corrected chi connectivity index (χ3v) is 5.61. The van der Waals surface area contributed by atoms with E-state index in [1.807, 2.05) is 12.1 Å². The van der Waals surface area contributed by atoms with Crippen LogP contribution in [0.25, 0.3) is 0 Å². The molecule has 1 heterocycles. The summed E-state index contributed by atoms with van der Waals surface area (Å²) in [5.41, 5.74) is 1.55. The molecule has 148 valence electrons. The highest BCUT2D eigenvalue weighted by Gasteiger charge is 2.21. The number of halogens is 1. The number of hydrogen-bond acceptors (Lipinski definition) is 4. The maximum Gasteiger partial charge on any atom is 0.234 e. The number of thioether (sulfide) groups is 1. The van der Waals surface area contributed by atoms with E-state index in [1.54, 1.807) is 29.2 Å². The standard InChI is InChI=1S/C21H23FN2O3S/c22-16-3-7-19(8-4-16)28-14-20(26)23-17-5-1-15(2-6-17)13-21(27)24-11-9-18(25)10-12-24/h1-8,18,25H,9-14H2,(H,23,26). The number of nitrogens with one attached hydrogen (secondary N) is 1. The van der Waals surface area contributed by atoms with Gasteiger partial charge in [0.1, 0.15) is 5.82 Å². The van der Waals surface area contributed by atoms with Crippen molar-refractivity contribution < 1.29 is 19.1 Å². The van der Waals surface area contributed by atoms with Crippen LogP contribution in [-0.4, -0.2) is 46.8 Å². The van der Waals surface area contributed by atoms with E-state index in [0.717, 1.165) is 10.5 Å². The molecule has 3 rings (SSSR count). The summed E-state index contributed by atoms with van der Waals surface area (Å²) in [5, 5.41) is 12.3. The van der Waals surface area contributed by atoms with Crippen LogP contribution in [0.2, 0.25) is 0 Å². The van der Waals surface area contributed by atoms with Crippen molar-refractivity contribution in [3.63, 3.8) is 0 Å². The van der Waals surface area contributed by atoms with Gasteiger partial charge in [-0.2, -0.15) is 0 Å². The molecule has 2 N–H and O–H groups in total. The van der Waals surface area contributed by atoms with Crippen LogP contribution >= 0.6 is 11.8 Å². The van der Waals surface area contributed by atoms with E-state index in [0.29, 0.717) is 38.0 Å². The number of anilines is 1. The predicted molar refractivity (Wildman–Crippen MR) is 108 cm³/mol. The molecule has 28 heavy (non-hydrogen) atoms. The summed E-state index contributed by atoms with van der Waals surface area (Å²) in [6.07, 6.45) is 1.28. The lowest BCUT2D eigenvalue weighted by molar-refractivity contribution is -0.132. The van der Waals surface area contributed by atoms with Gasteiger partial charge in [0, 0.05) is 23.7 Å². The summed E-state index contributed by atoms with van der Waals surface area (Å²) < 4.78 is 12.9. The van der Waals surface area contributed by atoms with Crippen LogP contribution in [0, 0.1) is 5.82 Å². The Morgan fingerprint density at radius 2 is 1.71 bits per heavy atom. The molecule has 0 saturated carbocycles. The van der Waals surface area contributed by atoms with Gasteiger partial charge in [-0.3, -0.25) is 9.59 Å². The van der Waals surface area contributed by atoms with E-state index in [-0.39, 0.29) is 29.5 Å². The molecule has 1 saturated heterocycles. The van der Waals surface area contributed by atoms with Crippen LogP contribution in [0.1, 0.15) is 18.4 Å². The van der Waals surface area contributed by atoms with Crippen LogP contribution in [0.4, 0.5) is 10.1 Å². The molecule has 1 aliphatic rings. The minimum Gasteiger partial charge on any atom is -0.393 e. The van der Waals surface area contributed by atoms with Crippen molar-refractivity contribution in [3.8, 4) is 0 Å². The second-order valence-electron chi connectivity index (χ2n) is 6.78. The van der Waals surface area contributed by atoms with Crippen molar-refractivity contribution in [2.24, 2.45) is 0 Å². The fourth-order valence-electron chi connectivity index (χ4n) is 2.98. The van der Waals surface area contributed by atoms with Crippen molar-refractivity contribution in [3.05, 3.63) is 59.9 Å². The summed E-state index contributed by atoms with van der Waals surface area (Å²) in [7, 11) is 0. The number of nitrogens with zero attached hydrogens (tertiary/aromatic N) is 1. The zero-order valence-corrected chi connectivity index (χ0v) is 16.3. The lowest BCUT2D eigenvalue weighted by Gasteiger charge is -2.29. The number of amides is 2. The van der Waals surface area contributed by atoms with Crippen molar-refractivity contribution in [1.29, 1.82) is 0 Å². The maximum atomic E-state index is 12.9. The van der Waals surface area contributed by atoms with E-state index in [9.17, 15) is 19.1 Å². The fraction of sp³-hybridized carbons (Fsp3) is 0.333.